The maximum Gasteiger partial charge on any atom is 0.247 e. The van der Waals surface area contributed by atoms with Gasteiger partial charge in [0.25, 0.3) is 0 Å². The molecule has 1 unspecified atom stereocenters. The normalized spacial score (nSPS) is 13.9. The minimum absolute atomic E-state index is 0.196. The number of aromatic amines is 1. The Morgan fingerprint density at radius 3 is 2.58 bits per heavy atom. The van der Waals surface area contributed by atoms with Gasteiger partial charge in [0, 0.05) is 11.9 Å². The Bertz CT molecular complexity index is 640. The van der Waals surface area contributed by atoms with Crippen LogP contribution >= 0.6 is 11.3 Å². The van der Waals surface area contributed by atoms with Gasteiger partial charge in [0.2, 0.25) is 10.0 Å². The summed E-state index contributed by atoms with van der Waals surface area (Å²) in [7, 11) is -1.93. The van der Waals surface area contributed by atoms with Crippen LogP contribution in [0.4, 0.5) is 0 Å². The first-order valence-corrected chi connectivity index (χ1v) is 8.20. The molecule has 2 heterocycles. The molecule has 104 valence electrons. The van der Waals surface area contributed by atoms with Crippen LogP contribution in [0.2, 0.25) is 0 Å². The van der Waals surface area contributed by atoms with Gasteiger partial charge < -0.3 is 0 Å². The van der Waals surface area contributed by atoms with Crippen LogP contribution in [-0.4, -0.2) is 30.0 Å². The fourth-order valence-corrected chi connectivity index (χ4v) is 4.54. The number of H-pyrrole nitrogens is 1. The lowest BCUT2D eigenvalue weighted by molar-refractivity contribution is 0.402. The molecule has 2 rings (SSSR count). The first kappa shape index (κ1) is 14.2. The maximum atomic E-state index is 12.6. The van der Waals surface area contributed by atoms with Crippen LogP contribution in [0.25, 0.3) is 0 Å². The molecule has 0 aliphatic rings. The van der Waals surface area contributed by atoms with Crippen LogP contribution in [0, 0.1) is 13.8 Å². The van der Waals surface area contributed by atoms with E-state index in [2.05, 4.69) is 10.2 Å². The monoisotopic (exact) mass is 299 g/mol. The van der Waals surface area contributed by atoms with E-state index >= 15 is 0 Å². The van der Waals surface area contributed by atoms with Crippen molar-refractivity contribution in [1.29, 1.82) is 0 Å². The number of nitrogens with zero attached hydrogens (tertiary/aromatic N) is 2. The lowest BCUT2D eigenvalue weighted by Crippen LogP contribution is -2.30. The fourth-order valence-electron chi connectivity index (χ4n) is 1.98. The maximum absolute atomic E-state index is 12.6. The summed E-state index contributed by atoms with van der Waals surface area (Å²) < 4.78 is 26.7. The van der Waals surface area contributed by atoms with Crippen molar-refractivity contribution in [2.24, 2.45) is 0 Å². The number of hydrogen-bond donors (Lipinski definition) is 1. The molecule has 0 spiro atoms. The Morgan fingerprint density at radius 2 is 2.11 bits per heavy atom. The lowest BCUT2D eigenvalue weighted by Gasteiger charge is -2.23. The first-order chi connectivity index (χ1) is 8.85. The number of rotatable bonds is 4. The average Bonchev–Trinajstić information content (AvgIpc) is 2.97. The quantitative estimate of drug-likeness (QED) is 0.943. The summed E-state index contributed by atoms with van der Waals surface area (Å²) in [6, 6.07) is 3.67. The summed E-state index contributed by atoms with van der Waals surface area (Å²) in [5.74, 6) is 0. The van der Waals surface area contributed by atoms with E-state index in [0.29, 0.717) is 11.4 Å². The third kappa shape index (κ3) is 2.45. The van der Waals surface area contributed by atoms with Gasteiger partial charge in [-0.2, -0.15) is 9.40 Å². The second-order valence-electron chi connectivity index (χ2n) is 4.48. The van der Waals surface area contributed by atoms with Crippen molar-refractivity contribution in [1.82, 2.24) is 14.5 Å². The van der Waals surface area contributed by atoms with Crippen LogP contribution in [0.3, 0.4) is 0 Å². The zero-order valence-electron chi connectivity index (χ0n) is 11.3. The van der Waals surface area contributed by atoms with Crippen molar-refractivity contribution in [3.05, 3.63) is 33.8 Å². The molecule has 0 amide bonds. The van der Waals surface area contributed by atoms with Gasteiger partial charge >= 0.3 is 0 Å². The molecule has 0 aromatic carbocycles. The van der Waals surface area contributed by atoms with E-state index in [9.17, 15) is 8.42 Å². The van der Waals surface area contributed by atoms with E-state index in [1.165, 1.54) is 4.31 Å². The molecule has 19 heavy (non-hydrogen) atoms. The van der Waals surface area contributed by atoms with Gasteiger partial charge in [-0.1, -0.05) is 6.07 Å². The molecular weight excluding hydrogens is 282 g/mol. The first-order valence-electron chi connectivity index (χ1n) is 5.88. The molecular formula is C12H17N3O2S2. The number of nitrogens with one attached hydrogen (secondary N) is 1. The number of thiophene rings is 1. The van der Waals surface area contributed by atoms with E-state index in [1.54, 1.807) is 32.2 Å². The van der Waals surface area contributed by atoms with Gasteiger partial charge in [-0.15, -0.1) is 11.3 Å². The standard InChI is InChI=1S/C12H17N3O2S2/c1-8-12(9(2)14-13-8)19(16,17)15(4)10(3)11-6-5-7-18-11/h5-7,10H,1-4H3,(H,13,14). The van der Waals surface area contributed by atoms with Crippen molar-refractivity contribution < 1.29 is 8.42 Å². The summed E-state index contributed by atoms with van der Waals surface area (Å²) in [5, 5.41) is 8.62. The smallest absolute Gasteiger partial charge is 0.247 e. The van der Waals surface area contributed by atoms with Crippen molar-refractivity contribution in [3.63, 3.8) is 0 Å². The summed E-state index contributed by atoms with van der Waals surface area (Å²) in [6.07, 6.45) is 0. The lowest BCUT2D eigenvalue weighted by atomic mass is 10.3. The molecule has 0 radical (unpaired) electrons. The molecule has 0 saturated carbocycles. The van der Waals surface area contributed by atoms with Gasteiger partial charge in [-0.05, 0) is 32.2 Å². The van der Waals surface area contributed by atoms with Gasteiger partial charge in [0.1, 0.15) is 4.90 Å². The van der Waals surface area contributed by atoms with Crippen molar-refractivity contribution in [3.8, 4) is 0 Å². The second-order valence-corrected chi connectivity index (χ2v) is 7.39. The number of hydrogen-bond acceptors (Lipinski definition) is 4. The second kappa shape index (κ2) is 5.07. The summed E-state index contributed by atoms with van der Waals surface area (Å²) in [6.45, 7) is 5.30. The molecule has 1 atom stereocenters. The highest BCUT2D eigenvalue weighted by Crippen LogP contribution is 2.30. The molecule has 0 fully saturated rings. The third-order valence-electron chi connectivity index (χ3n) is 3.20. The largest absolute Gasteiger partial charge is 0.281 e. The molecule has 0 saturated heterocycles. The van der Waals surface area contributed by atoms with Crippen molar-refractivity contribution >= 4 is 21.4 Å². The Labute approximate surface area is 117 Å². The van der Waals surface area contributed by atoms with E-state index < -0.39 is 10.0 Å². The van der Waals surface area contributed by atoms with E-state index in [-0.39, 0.29) is 10.9 Å². The molecule has 0 aliphatic heterocycles. The minimum atomic E-state index is -3.54. The van der Waals surface area contributed by atoms with Crippen molar-refractivity contribution in [2.45, 2.75) is 31.7 Å². The Morgan fingerprint density at radius 1 is 1.42 bits per heavy atom. The van der Waals surface area contributed by atoms with Gasteiger partial charge in [-0.25, -0.2) is 8.42 Å². The predicted molar refractivity (Wildman–Crippen MR) is 75.7 cm³/mol. The molecule has 0 aliphatic carbocycles. The average molecular weight is 299 g/mol. The zero-order chi connectivity index (χ0) is 14.2. The summed E-state index contributed by atoms with van der Waals surface area (Å²) in [5.41, 5.74) is 1.07. The highest BCUT2D eigenvalue weighted by atomic mass is 32.2. The van der Waals surface area contributed by atoms with Crippen LogP contribution < -0.4 is 0 Å². The highest BCUT2D eigenvalue weighted by molar-refractivity contribution is 7.89. The minimum Gasteiger partial charge on any atom is -0.281 e. The molecule has 7 heteroatoms. The van der Waals surface area contributed by atoms with Crippen LogP contribution in [0.15, 0.2) is 22.4 Å². The van der Waals surface area contributed by atoms with Crippen molar-refractivity contribution in [2.75, 3.05) is 7.05 Å². The Hall–Kier alpha value is -1.18. The molecule has 0 bridgehead atoms. The van der Waals surface area contributed by atoms with Gasteiger partial charge in [-0.3, -0.25) is 5.10 Å². The molecule has 5 nitrogen and oxygen atoms in total. The predicted octanol–water partition coefficient (Wildman–Crippen LogP) is 2.47. The Kier molecular flexibility index (Phi) is 3.80. The van der Waals surface area contributed by atoms with Crippen LogP contribution in [0.5, 0.6) is 0 Å². The van der Waals surface area contributed by atoms with E-state index in [0.717, 1.165) is 4.88 Å². The van der Waals surface area contributed by atoms with Gasteiger partial charge in [0.15, 0.2) is 0 Å². The molecule has 2 aromatic rings. The summed E-state index contributed by atoms with van der Waals surface area (Å²) in [4.78, 5) is 1.29. The highest BCUT2D eigenvalue weighted by Gasteiger charge is 2.30. The number of aryl methyl sites for hydroxylation is 2. The number of aromatic nitrogens is 2. The van der Waals surface area contributed by atoms with E-state index in [4.69, 9.17) is 0 Å². The third-order valence-corrected chi connectivity index (χ3v) is 6.43. The number of sulfonamides is 1. The Balaban J connectivity index is 2.40. The molecule has 2 aromatic heterocycles. The molecule has 1 N–H and O–H groups in total. The summed E-state index contributed by atoms with van der Waals surface area (Å²) >= 11 is 1.55. The van der Waals surface area contributed by atoms with E-state index in [1.807, 2.05) is 24.4 Å². The SMILES string of the molecule is Cc1n[nH]c(C)c1S(=O)(=O)N(C)C(C)c1cccs1. The van der Waals surface area contributed by atoms with Gasteiger partial charge in [0.05, 0.1) is 17.4 Å². The van der Waals surface area contributed by atoms with Crippen LogP contribution in [-0.2, 0) is 10.0 Å². The topological polar surface area (TPSA) is 66.1 Å². The zero-order valence-corrected chi connectivity index (χ0v) is 13.0. The fraction of sp³-hybridized carbons (Fsp3) is 0.417. The van der Waals surface area contributed by atoms with Crippen LogP contribution in [0.1, 0.15) is 29.2 Å².